The first kappa shape index (κ1) is 11.4. The van der Waals surface area contributed by atoms with Gasteiger partial charge in [0.1, 0.15) is 0 Å². The van der Waals surface area contributed by atoms with Crippen LogP contribution in [0.4, 0.5) is 0 Å². The average molecular weight is 290 g/mol. The molecule has 0 radical (unpaired) electrons. The van der Waals surface area contributed by atoms with Gasteiger partial charge in [0.15, 0.2) is 0 Å². The molecule has 0 saturated carbocycles. The molecule has 0 aromatic heterocycles. The molecular weight excluding hydrogens is 275 g/mol. The van der Waals surface area contributed by atoms with Crippen molar-refractivity contribution in [3.05, 3.63) is 33.3 Å². The highest BCUT2D eigenvalue weighted by molar-refractivity contribution is 9.10. The fourth-order valence-corrected chi connectivity index (χ4v) is 2.50. The molecule has 1 aliphatic heterocycles. The fraction of sp³-hybridized carbons (Fsp3) is 0.455. The molecule has 2 nitrogen and oxygen atoms in total. The van der Waals surface area contributed by atoms with E-state index in [2.05, 4.69) is 26.9 Å². The lowest BCUT2D eigenvalue weighted by atomic mass is 10.2. The molecule has 0 unspecified atom stereocenters. The smallest absolute Gasteiger partial charge is 0.0451 e. The molecule has 1 fully saturated rings. The van der Waals surface area contributed by atoms with Gasteiger partial charge >= 0.3 is 0 Å². The van der Waals surface area contributed by atoms with Crippen LogP contribution in [0.15, 0.2) is 22.7 Å². The van der Waals surface area contributed by atoms with E-state index >= 15 is 0 Å². The van der Waals surface area contributed by atoms with Crippen molar-refractivity contribution < 1.29 is 0 Å². The van der Waals surface area contributed by atoms with Crippen LogP contribution < -0.4 is 5.73 Å². The first-order valence-corrected chi connectivity index (χ1v) is 6.24. The van der Waals surface area contributed by atoms with Crippen LogP contribution in [-0.4, -0.2) is 24.0 Å². The van der Waals surface area contributed by atoms with E-state index in [1.807, 2.05) is 12.1 Å². The monoisotopic (exact) mass is 288 g/mol. The Labute approximate surface area is 104 Å². The van der Waals surface area contributed by atoms with Gasteiger partial charge in [-0.1, -0.05) is 27.5 Å². The third-order valence-electron chi connectivity index (χ3n) is 2.71. The first-order chi connectivity index (χ1) is 7.15. The number of hydrogen-bond donors (Lipinski definition) is 1. The third-order valence-corrected chi connectivity index (χ3v) is 3.57. The molecule has 4 heteroatoms. The lowest BCUT2D eigenvalue weighted by Crippen LogP contribution is -2.26. The molecule has 82 valence electrons. The zero-order valence-corrected chi connectivity index (χ0v) is 10.8. The van der Waals surface area contributed by atoms with E-state index in [1.165, 1.54) is 5.56 Å². The highest BCUT2D eigenvalue weighted by Crippen LogP contribution is 2.23. The summed E-state index contributed by atoms with van der Waals surface area (Å²) in [4.78, 5) is 2.35. The summed E-state index contributed by atoms with van der Waals surface area (Å²) in [5.41, 5.74) is 7.03. The van der Waals surface area contributed by atoms with Crippen molar-refractivity contribution in [3.8, 4) is 0 Å². The number of rotatable bonds is 2. The summed E-state index contributed by atoms with van der Waals surface area (Å²) in [5.74, 6) is 0. The molecule has 15 heavy (non-hydrogen) atoms. The molecular formula is C11H14BrClN2. The van der Waals surface area contributed by atoms with E-state index in [0.717, 1.165) is 35.6 Å². The summed E-state index contributed by atoms with van der Waals surface area (Å²) in [5, 5.41) is 0.832. The minimum absolute atomic E-state index is 0.330. The standard InChI is InChI=1S/C11H14BrClN2/c12-9-1-2-11(13)8(5-9)6-15-4-3-10(14)7-15/h1-2,5,10H,3-4,6-7,14H2/t10-/m1/s1. The zero-order chi connectivity index (χ0) is 10.8. The van der Waals surface area contributed by atoms with Crippen LogP contribution >= 0.6 is 27.5 Å². The minimum atomic E-state index is 0.330. The number of nitrogens with zero attached hydrogens (tertiary/aromatic N) is 1. The van der Waals surface area contributed by atoms with Crippen LogP contribution in [0, 0.1) is 0 Å². The molecule has 2 N–H and O–H groups in total. The van der Waals surface area contributed by atoms with E-state index in [1.54, 1.807) is 0 Å². The third kappa shape index (κ3) is 2.94. The molecule has 0 aliphatic carbocycles. The van der Waals surface area contributed by atoms with Crippen molar-refractivity contribution in [3.63, 3.8) is 0 Å². The minimum Gasteiger partial charge on any atom is -0.326 e. The van der Waals surface area contributed by atoms with E-state index in [0.29, 0.717) is 6.04 Å². The van der Waals surface area contributed by atoms with E-state index < -0.39 is 0 Å². The number of benzene rings is 1. The number of hydrogen-bond acceptors (Lipinski definition) is 2. The van der Waals surface area contributed by atoms with Gasteiger partial charge in [-0.3, -0.25) is 4.90 Å². The van der Waals surface area contributed by atoms with Gasteiger partial charge in [0.25, 0.3) is 0 Å². The molecule has 1 aromatic carbocycles. The molecule has 1 aromatic rings. The van der Waals surface area contributed by atoms with E-state index in [4.69, 9.17) is 17.3 Å². The Kier molecular flexibility index (Phi) is 3.67. The van der Waals surface area contributed by atoms with Gasteiger partial charge < -0.3 is 5.73 Å². The van der Waals surface area contributed by atoms with Gasteiger partial charge in [0, 0.05) is 35.2 Å². The van der Waals surface area contributed by atoms with Gasteiger partial charge in [0.2, 0.25) is 0 Å². The lowest BCUT2D eigenvalue weighted by molar-refractivity contribution is 0.327. The SMILES string of the molecule is N[C@@H]1CCN(Cc2cc(Br)ccc2Cl)C1. The Morgan fingerprint density at radius 1 is 1.53 bits per heavy atom. The van der Waals surface area contributed by atoms with E-state index in [-0.39, 0.29) is 0 Å². The van der Waals surface area contributed by atoms with Crippen molar-refractivity contribution in [1.29, 1.82) is 0 Å². The topological polar surface area (TPSA) is 29.3 Å². The van der Waals surface area contributed by atoms with Gasteiger partial charge in [-0.15, -0.1) is 0 Å². The van der Waals surface area contributed by atoms with Crippen molar-refractivity contribution in [2.45, 2.75) is 19.0 Å². The number of likely N-dealkylation sites (tertiary alicyclic amines) is 1. The Morgan fingerprint density at radius 2 is 2.33 bits per heavy atom. The van der Waals surface area contributed by atoms with Crippen LogP contribution in [0.5, 0.6) is 0 Å². The largest absolute Gasteiger partial charge is 0.326 e. The first-order valence-electron chi connectivity index (χ1n) is 5.07. The molecule has 0 bridgehead atoms. The van der Waals surface area contributed by atoms with Crippen LogP contribution in [-0.2, 0) is 6.54 Å². The van der Waals surface area contributed by atoms with Crippen LogP contribution in [0.3, 0.4) is 0 Å². The van der Waals surface area contributed by atoms with Crippen molar-refractivity contribution in [2.24, 2.45) is 5.73 Å². The Hall–Kier alpha value is -0.0900. The average Bonchev–Trinajstić information content (AvgIpc) is 2.58. The van der Waals surface area contributed by atoms with Crippen molar-refractivity contribution in [1.82, 2.24) is 4.90 Å². The predicted octanol–water partition coefficient (Wildman–Crippen LogP) is 2.64. The Morgan fingerprint density at radius 3 is 3.00 bits per heavy atom. The number of halogens is 2. The molecule has 1 atom stereocenters. The van der Waals surface area contributed by atoms with Gasteiger partial charge in [-0.05, 0) is 30.2 Å². The summed E-state index contributed by atoms with van der Waals surface area (Å²) in [6.07, 6.45) is 1.09. The quantitative estimate of drug-likeness (QED) is 0.907. The number of nitrogens with two attached hydrogens (primary N) is 1. The molecule has 1 aliphatic rings. The van der Waals surface area contributed by atoms with Crippen LogP contribution in [0.2, 0.25) is 5.02 Å². The van der Waals surface area contributed by atoms with Crippen LogP contribution in [0.25, 0.3) is 0 Å². The second-order valence-electron chi connectivity index (χ2n) is 4.02. The lowest BCUT2D eigenvalue weighted by Gasteiger charge is -2.16. The fourth-order valence-electron chi connectivity index (χ4n) is 1.91. The maximum absolute atomic E-state index is 6.13. The van der Waals surface area contributed by atoms with Gasteiger partial charge in [-0.25, -0.2) is 0 Å². The summed E-state index contributed by atoms with van der Waals surface area (Å²) in [6, 6.07) is 6.29. The molecule has 0 spiro atoms. The molecule has 1 saturated heterocycles. The Bertz CT molecular complexity index is 356. The molecule has 1 heterocycles. The summed E-state index contributed by atoms with van der Waals surface area (Å²) < 4.78 is 1.07. The molecule has 0 amide bonds. The zero-order valence-electron chi connectivity index (χ0n) is 8.42. The summed E-state index contributed by atoms with van der Waals surface area (Å²) >= 11 is 9.59. The maximum Gasteiger partial charge on any atom is 0.0451 e. The maximum atomic E-state index is 6.13. The van der Waals surface area contributed by atoms with Crippen molar-refractivity contribution in [2.75, 3.05) is 13.1 Å². The molecule has 2 rings (SSSR count). The van der Waals surface area contributed by atoms with Gasteiger partial charge in [-0.2, -0.15) is 0 Å². The highest BCUT2D eigenvalue weighted by Gasteiger charge is 2.19. The van der Waals surface area contributed by atoms with Crippen LogP contribution in [0.1, 0.15) is 12.0 Å². The van der Waals surface area contributed by atoms with Crippen molar-refractivity contribution >= 4 is 27.5 Å². The van der Waals surface area contributed by atoms with E-state index in [9.17, 15) is 0 Å². The van der Waals surface area contributed by atoms with Gasteiger partial charge in [0.05, 0.1) is 0 Å². The normalized spacial score (nSPS) is 22.2. The highest BCUT2D eigenvalue weighted by atomic mass is 79.9. The summed E-state index contributed by atoms with van der Waals surface area (Å²) in [7, 11) is 0. The Balaban J connectivity index is 2.07. The second kappa shape index (κ2) is 4.83. The predicted molar refractivity (Wildman–Crippen MR) is 67.0 cm³/mol. The second-order valence-corrected chi connectivity index (χ2v) is 5.34. The summed E-state index contributed by atoms with van der Waals surface area (Å²) in [6.45, 7) is 2.94.